The van der Waals surface area contributed by atoms with E-state index in [2.05, 4.69) is 18.8 Å². The molecule has 0 saturated carbocycles. The smallest absolute Gasteiger partial charge is 0.171 e. The van der Waals surface area contributed by atoms with Crippen LogP contribution in [0.5, 0.6) is 5.75 Å². The van der Waals surface area contributed by atoms with Gasteiger partial charge in [0.15, 0.2) is 10.9 Å². The van der Waals surface area contributed by atoms with Crippen molar-refractivity contribution in [2.45, 2.75) is 32.3 Å². The average molecular weight is 228 g/mol. The first-order chi connectivity index (χ1) is 6.92. The van der Waals surface area contributed by atoms with Gasteiger partial charge in [0.2, 0.25) is 0 Å². The van der Waals surface area contributed by atoms with Crippen molar-refractivity contribution < 1.29 is 9.84 Å². The van der Waals surface area contributed by atoms with Gasteiger partial charge in [0.25, 0.3) is 0 Å². The molecule has 0 fully saturated rings. The summed E-state index contributed by atoms with van der Waals surface area (Å²) in [4.78, 5) is 4.10. The maximum atomic E-state index is 9.49. The topological polar surface area (TPSA) is 42.4 Å². The summed E-state index contributed by atoms with van der Waals surface area (Å²) in [5.74, 6) is 0.658. The first-order valence-corrected chi connectivity index (χ1v) is 5.31. The Balaban J connectivity index is 2.59. The van der Waals surface area contributed by atoms with E-state index in [1.54, 1.807) is 6.92 Å². The van der Waals surface area contributed by atoms with Crippen LogP contribution in [0.3, 0.4) is 0 Å². The molecule has 0 saturated heterocycles. The van der Waals surface area contributed by atoms with E-state index in [1.807, 2.05) is 6.07 Å². The van der Waals surface area contributed by atoms with Gasteiger partial charge in [0, 0.05) is 11.0 Å². The number of hydrogen-bond donors (Lipinski definition) is 1. The second-order valence-corrected chi connectivity index (χ2v) is 4.92. The molecule has 0 aromatic carbocycles. The van der Waals surface area contributed by atoms with Crippen LogP contribution in [0, 0.1) is 0 Å². The van der Waals surface area contributed by atoms with E-state index in [0.29, 0.717) is 23.2 Å². The molecule has 1 unspecified atom stereocenters. The Morgan fingerprint density at radius 1 is 1.60 bits per heavy atom. The lowest BCUT2D eigenvalue weighted by atomic mass is 9.87. The summed E-state index contributed by atoms with van der Waals surface area (Å²) in [6, 6.07) is 1.87. The van der Waals surface area contributed by atoms with Gasteiger partial charge in [-0.2, -0.15) is 0 Å². The standard InChI is InChI=1S/C11H14ClNO2/c1-6(14)8-4-7-9(10(12)13-8)15-5-11(7,2)3/h4,6,14H,5H2,1-3H3. The van der Waals surface area contributed by atoms with Gasteiger partial charge in [-0.3, -0.25) is 0 Å². The number of aliphatic hydroxyl groups excluding tert-OH is 1. The fourth-order valence-corrected chi connectivity index (χ4v) is 1.96. The molecule has 1 atom stereocenters. The van der Waals surface area contributed by atoms with Crippen LogP contribution in [-0.2, 0) is 5.41 Å². The lowest BCUT2D eigenvalue weighted by molar-refractivity contribution is 0.194. The van der Waals surface area contributed by atoms with E-state index < -0.39 is 6.10 Å². The summed E-state index contributed by atoms with van der Waals surface area (Å²) < 4.78 is 5.50. The van der Waals surface area contributed by atoms with Crippen LogP contribution in [0.4, 0.5) is 0 Å². The van der Waals surface area contributed by atoms with Crippen LogP contribution in [0.15, 0.2) is 6.07 Å². The van der Waals surface area contributed by atoms with Crippen LogP contribution in [0.1, 0.15) is 38.1 Å². The Hall–Kier alpha value is -0.800. The van der Waals surface area contributed by atoms with Crippen molar-refractivity contribution >= 4 is 11.6 Å². The molecule has 0 spiro atoms. The fraction of sp³-hybridized carbons (Fsp3) is 0.545. The van der Waals surface area contributed by atoms with Gasteiger partial charge in [-0.15, -0.1) is 0 Å². The normalized spacial score (nSPS) is 19.5. The second kappa shape index (κ2) is 3.35. The molecule has 0 amide bonds. The predicted octanol–water partition coefficient (Wildman–Crippen LogP) is 2.46. The quantitative estimate of drug-likeness (QED) is 0.750. The number of aliphatic hydroxyl groups is 1. The van der Waals surface area contributed by atoms with Gasteiger partial charge in [-0.05, 0) is 13.0 Å². The van der Waals surface area contributed by atoms with Crippen LogP contribution < -0.4 is 4.74 Å². The Morgan fingerprint density at radius 3 is 2.87 bits per heavy atom. The summed E-state index contributed by atoms with van der Waals surface area (Å²) >= 11 is 6.00. The molecular weight excluding hydrogens is 214 g/mol. The lowest BCUT2D eigenvalue weighted by Gasteiger charge is -2.16. The molecule has 0 aliphatic carbocycles. The van der Waals surface area contributed by atoms with Crippen molar-refractivity contribution in [1.82, 2.24) is 4.98 Å². The Morgan fingerprint density at radius 2 is 2.27 bits per heavy atom. The zero-order valence-corrected chi connectivity index (χ0v) is 9.80. The molecule has 0 radical (unpaired) electrons. The Kier molecular flexibility index (Phi) is 2.40. The number of pyridine rings is 1. The minimum Gasteiger partial charge on any atom is -0.489 e. The van der Waals surface area contributed by atoms with E-state index in [9.17, 15) is 5.11 Å². The maximum Gasteiger partial charge on any atom is 0.171 e. The number of halogens is 1. The summed E-state index contributed by atoms with van der Waals surface area (Å²) in [7, 11) is 0. The summed E-state index contributed by atoms with van der Waals surface area (Å²) in [6.45, 7) is 6.45. The van der Waals surface area contributed by atoms with E-state index >= 15 is 0 Å². The largest absolute Gasteiger partial charge is 0.489 e. The predicted molar refractivity (Wildman–Crippen MR) is 58.4 cm³/mol. The third kappa shape index (κ3) is 1.70. The number of hydrogen-bond acceptors (Lipinski definition) is 3. The highest BCUT2D eigenvalue weighted by atomic mass is 35.5. The zero-order valence-electron chi connectivity index (χ0n) is 9.04. The lowest BCUT2D eigenvalue weighted by Crippen LogP contribution is -2.18. The zero-order chi connectivity index (χ0) is 11.2. The highest BCUT2D eigenvalue weighted by Crippen LogP contribution is 2.42. The van der Waals surface area contributed by atoms with Crippen LogP contribution >= 0.6 is 11.6 Å². The van der Waals surface area contributed by atoms with Gasteiger partial charge in [-0.1, -0.05) is 25.4 Å². The third-order valence-corrected chi connectivity index (χ3v) is 2.94. The van der Waals surface area contributed by atoms with E-state index in [0.717, 1.165) is 5.56 Å². The molecule has 82 valence electrons. The van der Waals surface area contributed by atoms with Crippen LogP contribution in [0.2, 0.25) is 5.15 Å². The first-order valence-electron chi connectivity index (χ1n) is 4.93. The highest BCUT2D eigenvalue weighted by molar-refractivity contribution is 6.31. The Labute approximate surface area is 94.0 Å². The SMILES string of the molecule is CC(O)c1cc2c(c(Cl)n1)OCC2(C)C. The van der Waals surface area contributed by atoms with E-state index in [1.165, 1.54) is 0 Å². The van der Waals surface area contributed by atoms with Gasteiger partial charge >= 0.3 is 0 Å². The van der Waals surface area contributed by atoms with Crippen molar-refractivity contribution in [3.63, 3.8) is 0 Å². The van der Waals surface area contributed by atoms with Crippen LogP contribution in [-0.4, -0.2) is 16.7 Å². The minimum absolute atomic E-state index is 0.0639. The molecule has 0 bridgehead atoms. The number of fused-ring (bicyclic) bond motifs is 1. The maximum absolute atomic E-state index is 9.49. The summed E-state index contributed by atoms with van der Waals surface area (Å²) in [5.41, 5.74) is 1.56. The van der Waals surface area contributed by atoms with E-state index in [4.69, 9.17) is 16.3 Å². The molecular formula is C11H14ClNO2. The third-order valence-electron chi connectivity index (χ3n) is 2.69. The fourth-order valence-electron chi connectivity index (χ4n) is 1.71. The molecule has 2 rings (SSSR count). The van der Waals surface area contributed by atoms with Crippen molar-refractivity contribution in [1.29, 1.82) is 0 Å². The molecule has 1 aromatic rings. The summed E-state index contributed by atoms with van der Waals surface area (Å²) in [6.07, 6.45) is -0.607. The molecule has 1 aliphatic heterocycles. The van der Waals surface area contributed by atoms with Crippen molar-refractivity contribution in [2.75, 3.05) is 6.61 Å². The molecule has 2 heterocycles. The number of aromatic nitrogens is 1. The van der Waals surface area contributed by atoms with Gasteiger partial charge in [-0.25, -0.2) is 4.98 Å². The van der Waals surface area contributed by atoms with Crippen molar-refractivity contribution in [3.05, 3.63) is 22.5 Å². The molecule has 4 heteroatoms. The molecule has 1 aromatic heterocycles. The van der Waals surface area contributed by atoms with Gasteiger partial charge in [0.05, 0.1) is 18.4 Å². The molecule has 3 nitrogen and oxygen atoms in total. The van der Waals surface area contributed by atoms with Crippen molar-refractivity contribution in [2.24, 2.45) is 0 Å². The number of nitrogens with zero attached hydrogens (tertiary/aromatic N) is 1. The van der Waals surface area contributed by atoms with Crippen LogP contribution in [0.25, 0.3) is 0 Å². The van der Waals surface area contributed by atoms with Gasteiger partial charge in [0.1, 0.15) is 0 Å². The molecule has 1 aliphatic rings. The number of ether oxygens (including phenoxy) is 1. The Bertz CT molecular complexity index is 402. The van der Waals surface area contributed by atoms with Gasteiger partial charge < -0.3 is 9.84 Å². The second-order valence-electron chi connectivity index (χ2n) is 4.56. The number of rotatable bonds is 1. The summed E-state index contributed by atoms with van der Waals surface area (Å²) in [5, 5.41) is 9.83. The first kappa shape index (κ1) is 10.7. The van der Waals surface area contributed by atoms with Crippen molar-refractivity contribution in [3.8, 4) is 5.75 Å². The minimum atomic E-state index is -0.607. The monoisotopic (exact) mass is 227 g/mol. The molecule has 15 heavy (non-hydrogen) atoms. The average Bonchev–Trinajstić information content (AvgIpc) is 2.43. The van der Waals surface area contributed by atoms with E-state index in [-0.39, 0.29) is 5.41 Å². The molecule has 1 N–H and O–H groups in total. The highest BCUT2D eigenvalue weighted by Gasteiger charge is 2.34.